The molecule has 27 heavy (non-hydrogen) atoms. The zero-order valence-electron chi connectivity index (χ0n) is 14.7. The van der Waals surface area contributed by atoms with E-state index in [1.807, 2.05) is 4.90 Å². The summed E-state index contributed by atoms with van der Waals surface area (Å²) >= 11 is 5.70. The fraction of sp³-hybridized carbons (Fsp3) is 0.316. The molecule has 1 aliphatic heterocycles. The van der Waals surface area contributed by atoms with Crippen molar-refractivity contribution in [2.24, 2.45) is 5.92 Å². The van der Waals surface area contributed by atoms with Gasteiger partial charge >= 0.3 is 0 Å². The number of piperidine rings is 1. The number of rotatable bonds is 4. The van der Waals surface area contributed by atoms with Crippen molar-refractivity contribution >= 4 is 34.6 Å². The summed E-state index contributed by atoms with van der Waals surface area (Å²) in [5.41, 5.74) is 0.417. The third-order valence-electron chi connectivity index (χ3n) is 4.61. The highest BCUT2D eigenvalue weighted by molar-refractivity contribution is 6.30. The van der Waals surface area contributed by atoms with Crippen LogP contribution in [0.5, 0.6) is 0 Å². The molecule has 0 aliphatic carbocycles. The van der Waals surface area contributed by atoms with E-state index in [9.17, 15) is 19.3 Å². The van der Waals surface area contributed by atoms with E-state index in [0.717, 1.165) is 32.0 Å². The molecule has 2 aromatic rings. The van der Waals surface area contributed by atoms with Crippen molar-refractivity contribution in [2.75, 3.05) is 23.3 Å². The summed E-state index contributed by atoms with van der Waals surface area (Å²) in [5.74, 6) is -0.851. The normalized spacial score (nSPS) is 16.9. The van der Waals surface area contributed by atoms with Gasteiger partial charge in [-0.2, -0.15) is 0 Å². The molecule has 1 aliphatic rings. The Morgan fingerprint density at radius 1 is 1.33 bits per heavy atom. The monoisotopic (exact) mass is 391 g/mol. The third kappa shape index (κ3) is 4.36. The van der Waals surface area contributed by atoms with Crippen LogP contribution in [-0.2, 0) is 0 Å². The number of nitro groups is 1. The minimum Gasteiger partial charge on any atom is -0.366 e. The zero-order valence-corrected chi connectivity index (χ0v) is 15.5. The van der Waals surface area contributed by atoms with Gasteiger partial charge in [-0.1, -0.05) is 18.5 Å². The minimum atomic E-state index is -0.677. The minimum absolute atomic E-state index is 0.0408. The molecule has 8 heteroatoms. The second-order valence-electron chi connectivity index (χ2n) is 6.73. The Hall–Kier alpha value is -2.67. The van der Waals surface area contributed by atoms with Crippen LogP contribution in [0.15, 0.2) is 36.4 Å². The molecule has 0 saturated carbocycles. The average molecular weight is 392 g/mol. The molecule has 6 nitrogen and oxygen atoms in total. The number of carbonyl (C=O) groups is 1. The van der Waals surface area contributed by atoms with Gasteiger partial charge in [0, 0.05) is 29.7 Å². The van der Waals surface area contributed by atoms with Crippen molar-refractivity contribution in [2.45, 2.75) is 19.8 Å². The Kier molecular flexibility index (Phi) is 5.60. The van der Waals surface area contributed by atoms with Gasteiger partial charge in [0.15, 0.2) is 0 Å². The molecule has 0 spiro atoms. The van der Waals surface area contributed by atoms with Crippen molar-refractivity contribution in [3.05, 3.63) is 62.9 Å². The molecule has 0 aromatic heterocycles. The Morgan fingerprint density at radius 3 is 2.78 bits per heavy atom. The first kappa shape index (κ1) is 19.1. The van der Waals surface area contributed by atoms with Gasteiger partial charge in [-0.15, -0.1) is 0 Å². The maximum absolute atomic E-state index is 13.9. The van der Waals surface area contributed by atoms with Gasteiger partial charge in [-0.3, -0.25) is 14.9 Å². The second-order valence-corrected chi connectivity index (χ2v) is 7.17. The van der Waals surface area contributed by atoms with E-state index in [2.05, 4.69) is 12.2 Å². The molecule has 1 amide bonds. The van der Waals surface area contributed by atoms with Crippen molar-refractivity contribution in [1.82, 2.24) is 0 Å². The van der Waals surface area contributed by atoms with Crippen molar-refractivity contribution < 1.29 is 14.1 Å². The van der Waals surface area contributed by atoms with E-state index in [1.165, 1.54) is 24.3 Å². The summed E-state index contributed by atoms with van der Waals surface area (Å²) in [4.78, 5) is 25.4. The first-order valence-corrected chi connectivity index (χ1v) is 9.02. The standard InChI is InChI=1S/C19H19ClFN3O3/c1-12-3-2-8-23(11-12)17-7-4-13(9-18(17)24(26)27)19(25)22-16-6-5-14(20)10-15(16)21/h4-7,9-10,12H,2-3,8,11H2,1H3,(H,22,25)/t12-/m0/s1. The molecule has 0 radical (unpaired) electrons. The van der Waals surface area contributed by atoms with Crippen LogP contribution in [-0.4, -0.2) is 23.9 Å². The number of nitro benzene ring substituents is 1. The van der Waals surface area contributed by atoms with E-state index in [0.29, 0.717) is 11.6 Å². The molecule has 142 valence electrons. The third-order valence-corrected chi connectivity index (χ3v) is 4.85. The number of hydrogen-bond acceptors (Lipinski definition) is 4. The molecular formula is C19H19ClFN3O3. The Morgan fingerprint density at radius 2 is 2.11 bits per heavy atom. The molecule has 1 atom stereocenters. The maximum atomic E-state index is 13.9. The molecule has 0 bridgehead atoms. The van der Waals surface area contributed by atoms with Crippen molar-refractivity contribution in [1.29, 1.82) is 0 Å². The Labute approximate surface area is 161 Å². The number of hydrogen-bond donors (Lipinski definition) is 1. The highest BCUT2D eigenvalue weighted by atomic mass is 35.5. The van der Waals surface area contributed by atoms with Crippen molar-refractivity contribution in [3.8, 4) is 0 Å². The van der Waals surface area contributed by atoms with Crippen LogP contribution in [0.1, 0.15) is 30.1 Å². The van der Waals surface area contributed by atoms with Crippen LogP contribution < -0.4 is 10.2 Å². The highest BCUT2D eigenvalue weighted by Gasteiger charge is 2.25. The van der Waals surface area contributed by atoms with Gasteiger partial charge in [-0.05, 0) is 49.1 Å². The Bertz CT molecular complexity index is 890. The number of carbonyl (C=O) groups excluding carboxylic acids is 1. The van der Waals surface area contributed by atoms with Crippen LogP contribution in [0.4, 0.5) is 21.5 Å². The van der Waals surface area contributed by atoms with E-state index in [-0.39, 0.29) is 22.0 Å². The SMILES string of the molecule is C[C@H]1CCCN(c2ccc(C(=O)Nc3ccc(Cl)cc3F)cc2[N+](=O)[O-])C1. The largest absolute Gasteiger partial charge is 0.366 e. The maximum Gasteiger partial charge on any atom is 0.293 e. The number of benzene rings is 2. The summed E-state index contributed by atoms with van der Waals surface area (Å²) in [6.07, 6.45) is 2.06. The summed E-state index contributed by atoms with van der Waals surface area (Å²) in [5, 5.41) is 14.2. The van der Waals surface area contributed by atoms with Gasteiger partial charge in [-0.25, -0.2) is 4.39 Å². The fourth-order valence-corrected chi connectivity index (χ4v) is 3.43. The van der Waals surface area contributed by atoms with Crippen LogP contribution in [0.25, 0.3) is 0 Å². The van der Waals surface area contributed by atoms with Crippen LogP contribution >= 0.6 is 11.6 Å². The summed E-state index contributed by atoms with van der Waals surface area (Å²) in [6.45, 7) is 3.59. The van der Waals surface area contributed by atoms with Gasteiger partial charge < -0.3 is 10.2 Å². The van der Waals surface area contributed by atoms with Gasteiger partial charge in [0.25, 0.3) is 11.6 Å². The molecule has 1 N–H and O–H groups in total. The second kappa shape index (κ2) is 7.92. The fourth-order valence-electron chi connectivity index (χ4n) is 3.27. The topological polar surface area (TPSA) is 75.5 Å². The van der Waals surface area contributed by atoms with Crippen LogP contribution in [0.3, 0.4) is 0 Å². The number of halogens is 2. The molecule has 1 heterocycles. The van der Waals surface area contributed by atoms with Gasteiger partial charge in [0.1, 0.15) is 11.5 Å². The van der Waals surface area contributed by atoms with Gasteiger partial charge in [0.2, 0.25) is 0 Å². The van der Waals surface area contributed by atoms with E-state index in [1.54, 1.807) is 6.07 Å². The lowest BCUT2D eigenvalue weighted by Gasteiger charge is -2.32. The van der Waals surface area contributed by atoms with E-state index < -0.39 is 16.6 Å². The number of nitrogens with zero attached hydrogens (tertiary/aromatic N) is 2. The highest BCUT2D eigenvalue weighted by Crippen LogP contribution is 2.32. The summed E-state index contributed by atoms with van der Waals surface area (Å²) in [6, 6.07) is 8.21. The smallest absolute Gasteiger partial charge is 0.293 e. The molecule has 3 rings (SSSR count). The number of amides is 1. The van der Waals surface area contributed by atoms with Crippen LogP contribution in [0, 0.1) is 21.8 Å². The lowest BCUT2D eigenvalue weighted by molar-refractivity contribution is -0.384. The molecule has 0 unspecified atom stereocenters. The molecular weight excluding hydrogens is 373 g/mol. The van der Waals surface area contributed by atoms with E-state index >= 15 is 0 Å². The van der Waals surface area contributed by atoms with Gasteiger partial charge in [0.05, 0.1) is 10.6 Å². The number of anilines is 2. The predicted octanol–water partition coefficient (Wildman–Crippen LogP) is 4.88. The lowest BCUT2D eigenvalue weighted by atomic mass is 9.99. The Balaban J connectivity index is 1.86. The molecule has 1 saturated heterocycles. The quantitative estimate of drug-likeness (QED) is 0.595. The summed E-state index contributed by atoms with van der Waals surface area (Å²) in [7, 11) is 0. The van der Waals surface area contributed by atoms with Crippen LogP contribution in [0.2, 0.25) is 5.02 Å². The van der Waals surface area contributed by atoms with Crippen molar-refractivity contribution in [3.63, 3.8) is 0 Å². The first-order chi connectivity index (χ1) is 12.8. The number of nitrogens with one attached hydrogen (secondary N) is 1. The lowest BCUT2D eigenvalue weighted by Crippen LogP contribution is -2.34. The molecule has 1 fully saturated rings. The first-order valence-electron chi connectivity index (χ1n) is 8.65. The van der Waals surface area contributed by atoms with E-state index in [4.69, 9.17) is 11.6 Å². The predicted molar refractivity (Wildman–Crippen MR) is 103 cm³/mol. The zero-order chi connectivity index (χ0) is 19.6. The average Bonchev–Trinajstić information content (AvgIpc) is 2.63. The summed E-state index contributed by atoms with van der Waals surface area (Å²) < 4.78 is 13.9. The molecule has 2 aromatic carbocycles.